The average molecular weight is 304 g/mol. The van der Waals surface area contributed by atoms with Crippen LogP contribution in [0, 0.1) is 0 Å². The Morgan fingerprint density at radius 2 is 2.05 bits per heavy atom. The normalized spacial score (nSPS) is 18.0. The fourth-order valence-corrected chi connectivity index (χ4v) is 1.75. The lowest BCUT2D eigenvalue weighted by Gasteiger charge is -2.17. The highest BCUT2D eigenvalue weighted by Crippen LogP contribution is 2.21. The number of aliphatic carboxylic acids is 1. The molecule has 0 bridgehead atoms. The second-order valence-corrected chi connectivity index (χ2v) is 4.16. The van der Waals surface area contributed by atoms with Crippen molar-refractivity contribution in [1.82, 2.24) is 10.6 Å². The minimum Gasteiger partial charge on any atom is -0.481 e. The molecule has 0 unspecified atom stereocenters. The summed E-state index contributed by atoms with van der Waals surface area (Å²) >= 11 is 0. The van der Waals surface area contributed by atoms with Crippen LogP contribution in [0.4, 0.5) is 4.79 Å². The van der Waals surface area contributed by atoms with Crippen molar-refractivity contribution in [2.24, 2.45) is 10.9 Å². The van der Waals surface area contributed by atoms with E-state index in [0.717, 1.165) is 0 Å². The molecule has 0 saturated carbocycles. The smallest absolute Gasteiger partial charge is 0.341 e. The number of nitrogens with one attached hydrogen (secondary N) is 2. The Morgan fingerprint density at radius 1 is 1.32 bits per heavy atom. The summed E-state index contributed by atoms with van der Waals surface area (Å²) in [7, 11) is 0. The van der Waals surface area contributed by atoms with Crippen LogP contribution in [0.25, 0.3) is 6.08 Å². The van der Waals surface area contributed by atoms with Crippen LogP contribution in [0.3, 0.4) is 0 Å². The minimum atomic E-state index is -1.13. The predicted octanol–water partition coefficient (Wildman–Crippen LogP) is -0.355. The van der Waals surface area contributed by atoms with E-state index in [1.165, 1.54) is 6.08 Å². The van der Waals surface area contributed by atoms with Crippen LogP contribution >= 0.6 is 0 Å². The first-order valence-electron chi connectivity index (χ1n) is 6.07. The molecule has 1 saturated heterocycles. The zero-order valence-electron chi connectivity index (χ0n) is 11.2. The molecule has 0 radical (unpaired) electrons. The quantitative estimate of drug-likeness (QED) is 0.340. The number of para-hydroxylation sites is 1. The molecule has 1 aromatic rings. The third-order valence-corrected chi connectivity index (χ3v) is 2.66. The van der Waals surface area contributed by atoms with Gasteiger partial charge in [-0.2, -0.15) is 5.10 Å². The molecule has 1 aromatic carbocycles. The molecule has 1 fully saturated rings. The van der Waals surface area contributed by atoms with Gasteiger partial charge in [-0.1, -0.05) is 18.2 Å². The monoisotopic (exact) mass is 304 g/mol. The van der Waals surface area contributed by atoms with E-state index in [4.69, 9.17) is 15.7 Å². The van der Waals surface area contributed by atoms with Gasteiger partial charge >= 0.3 is 12.0 Å². The number of carbonyl (C=O) groups excluding carboxylic acids is 2. The second kappa shape index (κ2) is 6.39. The van der Waals surface area contributed by atoms with E-state index in [1.54, 1.807) is 24.3 Å². The summed E-state index contributed by atoms with van der Waals surface area (Å²) < 4.78 is 5.13. The fourth-order valence-electron chi connectivity index (χ4n) is 1.75. The van der Waals surface area contributed by atoms with Gasteiger partial charge in [-0.25, -0.2) is 9.59 Å². The highest BCUT2D eigenvalue weighted by atomic mass is 16.5. The van der Waals surface area contributed by atoms with Crippen LogP contribution in [0.1, 0.15) is 5.56 Å². The summed E-state index contributed by atoms with van der Waals surface area (Å²) in [5, 5.41) is 16.3. The van der Waals surface area contributed by atoms with Gasteiger partial charge in [0.15, 0.2) is 12.4 Å². The first-order valence-corrected chi connectivity index (χ1v) is 6.07. The SMILES string of the molecule is NN=C1NC(=O)NC(=O)C1=Cc1ccccc1OCC(=O)O. The van der Waals surface area contributed by atoms with Crippen LogP contribution in [-0.4, -0.2) is 35.5 Å². The topological polar surface area (TPSA) is 143 Å². The summed E-state index contributed by atoms with van der Waals surface area (Å²) in [5.41, 5.74) is 0.458. The number of ether oxygens (including phenoxy) is 1. The number of urea groups is 1. The Labute approximate surface area is 124 Å². The standard InChI is InChI=1S/C13H12N4O5/c14-17-11-8(12(20)16-13(21)15-11)5-7-3-1-2-4-9(7)22-6-10(18)19/h1-5H,6,14H2,(H,18,19)(H2,15,16,17,20,21). The molecule has 9 nitrogen and oxygen atoms in total. The van der Waals surface area contributed by atoms with E-state index < -0.39 is 24.5 Å². The number of nitrogens with zero attached hydrogens (tertiary/aromatic N) is 1. The maximum atomic E-state index is 11.8. The van der Waals surface area contributed by atoms with Gasteiger partial charge < -0.3 is 15.7 Å². The summed E-state index contributed by atoms with van der Waals surface area (Å²) in [5.74, 6) is 3.51. The largest absolute Gasteiger partial charge is 0.481 e. The van der Waals surface area contributed by atoms with Gasteiger partial charge in [0, 0.05) is 5.56 Å². The number of imide groups is 1. The zero-order chi connectivity index (χ0) is 16.1. The number of carboxylic acids is 1. The van der Waals surface area contributed by atoms with Crippen molar-refractivity contribution >= 4 is 29.8 Å². The third kappa shape index (κ3) is 3.39. The van der Waals surface area contributed by atoms with Crippen LogP contribution in [0.2, 0.25) is 0 Å². The van der Waals surface area contributed by atoms with Gasteiger partial charge in [-0.05, 0) is 12.1 Å². The molecule has 9 heteroatoms. The lowest BCUT2D eigenvalue weighted by Crippen LogP contribution is -2.51. The number of carbonyl (C=O) groups is 3. The number of hydrazone groups is 1. The number of amides is 3. The van der Waals surface area contributed by atoms with Gasteiger partial charge in [0.1, 0.15) is 5.75 Å². The minimum absolute atomic E-state index is 0.0217. The van der Waals surface area contributed by atoms with Crippen LogP contribution in [0.15, 0.2) is 34.9 Å². The van der Waals surface area contributed by atoms with Crippen molar-refractivity contribution < 1.29 is 24.2 Å². The molecule has 22 heavy (non-hydrogen) atoms. The Hall–Kier alpha value is -3.36. The zero-order valence-corrected chi connectivity index (χ0v) is 11.2. The Bertz CT molecular complexity index is 695. The summed E-state index contributed by atoms with van der Waals surface area (Å²) in [6.07, 6.45) is 1.39. The van der Waals surface area contributed by atoms with Gasteiger partial charge in [-0.15, -0.1) is 0 Å². The van der Waals surface area contributed by atoms with E-state index in [-0.39, 0.29) is 17.2 Å². The number of hydrogen-bond donors (Lipinski definition) is 4. The van der Waals surface area contributed by atoms with Crippen molar-refractivity contribution in [1.29, 1.82) is 0 Å². The number of nitrogens with two attached hydrogens (primary N) is 1. The van der Waals surface area contributed by atoms with Crippen LogP contribution in [-0.2, 0) is 9.59 Å². The van der Waals surface area contributed by atoms with Crippen LogP contribution < -0.4 is 21.2 Å². The third-order valence-electron chi connectivity index (χ3n) is 2.66. The Balaban J connectivity index is 2.37. The predicted molar refractivity (Wildman–Crippen MR) is 75.8 cm³/mol. The molecule has 3 amide bonds. The summed E-state index contributed by atoms with van der Waals surface area (Å²) in [6, 6.07) is 5.76. The first-order chi connectivity index (χ1) is 10.5. The maximum absolute atomic E-state index is 11.8. The van der Waals surface area contributed by atoms with E-state index in [0.29, 0.717) is 5.56 Å². The molecular formula is C13H12N4O5. The number of benzene rings is 1. The van der Waals surface area contributed by atoms with Crippen molar-refractivity contribution in [3.8, 4) is 5.75 Å². The molecule has 1 heterocycles. The molecule has 1 aliphatic heterocycles. The summed E-state index contributed by atoms with van der Waals surface area (Å²) in [4.78, 5) is 33.6. The molecule has 2 rings (SSSR count). The Kier molecular flexibility index (Phi) is 4.37. The van der Waals surface area contributed by atoms with E-state index in [9.17, 15) is 14.4 Å². The molecule has 114 valence electrons. The second-order valence-electron chi connectivity index (χ2n) is 4.16. The molecule has 0 atom stereocenters. The van der Waals surface area contributed by atoms with E-state index in [2.05, 4.69) is 15.7 Å². The molecule has 5 N–H and O–H groups in total. The molecule has 0 spiro atoms. The summed E-state index contributed by atoms with van der Waals surface area (Å²) in [6.45, 7) is -0.527. The van der Waals surface area contributed by atoms with Crippen molar-refractivity contribution in [3.05, 3.63) is 35.4 Å². The number of rotatable bonds is 4. The molecule has 0 aromatic heterocycles. The maximum Gasteiger partial charge on any atom is 0.341 e. The lowest BCUT2D eigenvalue weighted by molar-refractivity contribution is -0.139. The van der Waals surface area contributed by atoms with E-state index in [1.807, 2.05) is 0 Å². The van der Waals surface area contributed by atoms with Crippen LogP contribution in [0.5, 0.6) is 5.75 Å². The first kappa shape index (κ1) is 15.0. The number of carboxylic acid groups (broad SMARTS) is 1. The van der Waals surface area contributed by atoms with Gasteiger partial charge in [0.2, 0.25) is 0 Å². The number of hydrogen-bond acceptors (Lipinski definition) is 6. The van der Waals surface area contributed by atoms with Crippen molar-refractivity contribution in [2.75, 3.05) is 6.61 Å². The molecule has 1 aliphatic rings. The van der Waals surface area contributed by atoms with Gasteiger partial charge in [0.05, 0.1) is 5.57 Å². The lowest BCUT2D eigenvalue weighted by atomic mass is 10.1. The number of amidine groups is 1. The van der Waals surface area contributed by atoms with Crippen molar-refractivity contribution in [3.63, 3.8) is 0 Å². The molecule has 0 aliphatic carbocycles. The highest BCUT2D eigenvalue weighted by Gasteiger charge is 2.26. The highest BCUT2D eigenvalue weighted by molar-refractivity contribution is 6.32. The average Bonchev–Trinajstić information content (AvgIpc) is 2.48. The van der Waals surface area contributed by atoms with Gasteiger partial charge in [0.25, 0.3) is 5.91 Å². The Morgan fingerprint density at radius 3 is 2.73 bits per heavy atom. The molecular weight excluding hydrogens is 292 g/mol. The van der Waals surface area contributed by atoms with E-state index >= 15 is 0 Å². The van der Waals surface area contributed by atoms with Gasteiger partial charge in [-0.3, -0.25) is 15.4 Å². The fraction of sp³-hybridized carbons (Fsp3) is 0.0769. The van der Waals surface area contributed by atoms with Crippen molar-refractivity contribution in [2.45, 2.75) is 0 Å².